The van der Waals surface area contributed by atoms with Crippen LogP contribution in [0.4, 0.5) is 0 Å². The van der Waals surface area contributed by atoms with E-state index in [1.54, 1.807) is 4.68 Å². The van der Waals surface area contributed by atoms with Crippen LogP contribution in [0.3, 0.4) is 0 Å². The molecule has 25 heavy (non-hydrogen) atoms. The standard InChI is InChI=1S/C18H22N4O3/c1-3-9-22-17-15(13(11-23)21-22)18(24)20-16(19-17)12-7-5-6-8-14(12)25-10-4-2/h5-8,23H,3-4,9-11H2,1-2H3,(H,19,20,24). The van der Waals surface area contributed by atoms with Crippen LogP contribution in [0, 0.1) is 0 Å². The highest BCUT2D eigenvalue weighted by Gasteiger charge is 2.18. The van der Waals surface area contributed by atoms with Gasteiger partial charge >= 0.3 is 0 Å². The van der Waals surface area contributed by atoms with Crippen LogP contribution < -0.4 is 10.3 Å². The van der Waals surface area contributed by atoms with Crippen molar-refractivity contribution in [3.8, 4) is 17.1 Å². The summed E-state index contributed by atoms with van der Waals surface area (Å²) in [6, 6.07) is 7.48. The first-order chi connectivity index (χ1) is 12.2. The van der Waals surface area contributed by atoms with Gasteiger partial charge in [-0.05, 0) is 25.0 Å². The quantitative estimate of drug-likeness (QED) is 0.688. The number of nitrogens with one attached hydrogen (secondary N) is 1. The number of aromatic nitrogens is 4. The van der Waals surface area contributed by atoms with Gasteiger partial charge in [0.1, 0.15) is 22.7 Å². The molecule has 0 unspecified atom stereocenters. The van der Waals surface area contributed by atoms with Gasteiger partial charge in [0, 0.05) is 6.54 Å². The predicted molar refractivity (Wildman–Crippen MR) is 95.6 cm³/mol. The number of aliphatic hydroxyl groups excluding tert-OH is 1. The van der Waals surface area contributed by atoms with Crippen molar-refractivity contribution in [2.45, 2.75) is 39.8 Å². The van der Waals surface area contributed by atoms with E-state index in [1.165, 1.54) is 0 Å². The number of rotatable bonds is 7. The van der Waals surface area contributed by atoms with Crippen LogP contribution in [0.15, 0.2) is 29.1 Å². The third-order valence-electron chi connectivity index (χ3n) is 3.86. The Morgan fingerprint density at radius 1 is 1.24 bits per heavy atom. The predicted octanol–water partition coefficient (Wildman–Crippen LogP) is 2.48. The number of aliphatic hydroxyl groups is 1. The number of H-pyrrole nitrogens is 1. The number of ether oxygens (including phenoxy) is 1. The average Bonchev–Trinajstić information content (AvgIpc) is 2.99. The Bertz CT molecular complexity index is 930. The van der Waals surface area contributed by atoms with Crippen LogP contribution in [0.1, 0.15) is 32.4 Å². The molecule has 1 aromatic carbocycles. The Labute approximate surface area is 145 Å². The van der Waals surface area contributed by atoms with Gasteiger partial charge in [-0.25, -0.2) is 9.67 Å². The maximum absolute atomic E-state index is 12.6. The molecule has 0 atom stereocenters. The van der Waals surface area contributed by atoms with E-state index in [-0.39, 0.29) is 12.2 Å². The van der Waals surface area contributed by atoms with Gasteiger partial charge in [-0.3, -0.25) is 4.79 Å². The number of hydrogen-bond donors (Lipinski definition) is 2. The van der Waals surface area contributed by atoms with E-state index in [2.05, 4.69) is 15.1 Å². The lowest BCUT2D eigenvalue weighted by Crippen LogP contribution is -2.12. The molecular weight excluding hydrogens is 320 g/mol. The van der Waals surface area contributed by atoms with Gasteiger partial charge in [0.15, 0.2) is 5.65 Å². The number of nitrogens with zero attached hydrogens (tertiary/aromatic N) is 3. The minimum atomic E-state index is -0.309. The normalized spacial score (nSPS) is 11.2. The average molecular weight is 342 g/mol. The van der Waals surface area contributed by atoms with Crippen LogP contribution in [-0.4, -0.2) is 31.5 Å². The molecule has 0 aliphatic rings. The third-order valence-corrected chi connectivity index (χ3v) is 3.86. The molecule has 0 saturated carbocycles. The van der Waals surface area contributed by atoms with Gasteiger partial charge in [0.2, 0.25) is 0 Å². The second-order valence-corrected chi connectivity index (χ2v) is 5.79. The molecule has 3 aromatic rings. The van der Waals surface area contributed by atoms with E-state index >= 15 is 0 Å². The number of aromatic amines is 1. The minimum absolute atomic E-state index is 0.298. The van der Waals surface area contributed by atoms with Crippen molar-refractivity contribution in [1.29, 1.82) is 0 Å². The third kappa shape index (κ3) is 3.28. The molecule has 0 aliphatic carbocycles. The Morgan fingerprint density at radius 3 is 2.76 bits per heavy atom. The Hall–Kier alpha value is -2.67. The summed E-state index contributed by atoms with van der Waals surface area (Å²) in [5.74, 6) is 1.11. The van der Waals surface area contributed by atoms with Crippen molar-refractivity contribution in [2.24, 2.45) is 0 Å². The zero-order valence-corrected chi connectivity index (χ0v) is 14.5. The van der Waals surface area contributed by atoms with E-state index in [0.717, 1.165) is 18.4 Å². The first-order valence-corrected chi connectivity index (χ1v) is 8.52. The van der Waals surface area contributed by atoms with Gasteiger partial charge in [-0.15, -0.1) is 0 Å². The molecule has 3 rings (SSSR count). The molecule has 7 nitrogen and oxygen atoms in total. The van der Waals surface area contributed by atoms with Gasteiger partial charge in [0.05, 0.1) is 18.8 Å². The summed E-state index contributed by atoms with van der Waals surface area (Å²) in [6.07, 6.45) is 1.74. The second-order valence-electron chi connectivity index (χ2n) is 5.79. The van der Waals surface area contributed by atoms with Gasteiger partial charge < -0.3 is 14.8 Å². The first-order valence-electron chi connectivity index (χ1n) is 8.52. The Kier molecular flexibility index (Phi) is 5.14. The SMILES string of the molecule is CCCOc1ccccc1-c1nc2c(c(CO)nn2CCC)c(=O)[nH]1. The second kappa shape index (κ2) is 7.48. The lowest BCUT2D eigenvalue weighted by atomic mass is 10.2. The van der Waals surface area contributed by atoms with E-state index in [0.29, 0.717) is 41.5 Å². The molecule has 0 fully saturated rings. The van der Waals surface area contributed by atoms with Crippen LogP contribution in [-0.2, 0) is 13.2 Å². The lowest BCUT2D eigenvalue weighted by molar-refractivity contribution is 0.276. The molecule has 132 valence electrons. The van der Waals surface area contributed by atoms with E-state index < -0.39 is 0 Å². The fourth-order valence-corrected chi connectivity index (χ4v) is 2.76. The maximum Gasteiger partial charge on any atom is 0.262 e. The topological polar surface area (TPSA) is 93.0 Å². The van der Waals surface area contributed by atoms with Crippen LogP contribution >= 0.6 is 0 Å². The number of benzene rings is 1. The fraction of sp³-hybridized carbons (Fsp3) is 0.389. The smallest absolute Gasteiger partial charge is 0.262 e. The summed E-state index contributed by atoms with van der Waals surface area (Å²) in [5.41, 5.74) is 1.25. The molecule has 0 saturated heterocycles. The van der Waals surface area contributed by atoms with Crippen molar-refractivity contribution in [2.75, 3.05) is 6.61 Å². The van der Waals surface area contributed by atoms with Crippen LogP contribution in [0.5, 0.6) is 5.75 Å². The van der Waals surface area contributed by atoms with Crippen molar-refractivity contribution in [1.82, 2.24) is 19.7 Å². The maximum atomic E-state index is 12.6. The molecule has 7 heteroatoms. The van der Waals surface area contributed by atoms with Crippen molar-refractivity contribution in [3.05, 3.63) is 40.3 Å². The molecular formula is C18H22N4O3. The molecule has 0 aliphatic heterocycles. The molecule has 0 radical (unpaired) electrons. The number of aryl methyl sites for hydroxylation is 1. The van der Waals surface area contributed by atoms with Crippen LogP contribution in [0.25, 0.3) is 22.4 Å². The highest BCUT2D eigenvalue weighted by atomic mass is 16.5. The highest BCUT2D eigenvalue weighted by molar-refractivity contribution is 5.80. The minimum Gasteiger partial charge on any atom is -0.493 e. The van der Waals surface area contributed by atoms with Gasteiger partial charge in [0.25, 0.3) is 5.56 Å². The van der Waals surface area contributed by atoms with Crippen molar-refractivity contribution in [3.63, 3.8) is 0 Å². The highest BCUT2D eigenvalue weighted by Crippen LogP contribution is 2.28. The zero-order chi connectivity index (χ0) is 17.8. The van der Waals surface area contributed by atoms with Crippen molar-refractivity contribution < 1.29 is 9.84 Å². The summed E-state index contributed by atoms with van der Waals surface area (Å²) in [7, 11) is 0. The summed E-state index contributed by atoms with van der Waals surface area (Å²) < 4.78 is 7.45. The summed E-state index contributed by atoms with van der Waals surface area (Å²) in [4.78, 5) is 20.0. The summed E-state index contributed by atoms with van der Waals surface area (Å²) >= 11 is 0. The van der Waals surface area contributed by atoms with E-state index in [1.807, 2.05) is 38.1 Å². The van der Waals surface area contributed by atoms with E-state index in [9.17, 15) is 9.90 Å². The first kappa shape index (κ1) is 17.2. The van der Waals surface area contributed by atoms with Gasteiger partial charge in [-0.1, -0.05) is 26.0 Å². The number of para-hydroxylation sites is 1. The number of hydrogen-bond acceptors (Lipinski definition) is 5. The zero-order valence-electron chi connectivity index (χ0n) is 14.5. The monoisotopic (exact) mass is 342 g/mol. The fourth-order valence-electron chi connectivity index (χ4n) is 2.76. The summed E-state index contributed by atoms with van der Waals surface area (Å²) in [5, 5.41) is 14.2. The van der Waals surface area contributed by atoms with Gasteiger partial charge in [-0.2, -0.15) is 5.10 Å². The Balaban J connectivity index is 2.19. The number of fused-ring (bicyclic) bond motifs is 1. The largest absolute Gasteiger partial charge is 0.493 e. The molecule has 2 N–H and O–H groups in total. The van der Waals surface area contributed by atoms with Crippen LogP contribution in [0.2, 0.25) is 0 Å². The molecule has 0 bridgehead atoms. The molecule has 2 heterocycles. The lowest BCUT2D eigenvalue weighted by Gasteiger charge is -2.10. The van der Waals surface area contributed by atoms with Crippen molar-refractivity contribution >= 4 is 11.0 Å². The molecule has 0 spiro atoms. The Morgan fingerprint density at radius 2 is 2.04 bits per heavy atom. The van der Waals surface area contributed by atoms with E-state index in [4.69, 9.17) is 4.74 Å². The molecule has 0 amide bonds. The molecule has 2 aromatic heterocycles. The summed E-state index contributed by atoms with van der Waals surface area (Å²) in [6.45, 7) is 4.97.